The van der Waals surface area contributed by atoms with Gasteiger partial charge in [0.1, 0.15) is 5.82 Å². The third kappa shape index (κ3) is 1.64. The predicted octanol–water partition coefficient (Wildman–Crippen LogP) is 3.35. The van der Waals surface area contributed by atoms with Crippen molar-refractivity contribution in [2.75, 3.05) is 0 Å². The van der Waals surface area contributed by atoms with E-state index in [9.17, 15) is 0 Å². The number of aromatic nitrogens is 2. The van der Waals surface area contributed by atoms with Crippen molar-refractivity contribution in [2.24, 2.45) is 0 Å². The summed E-state index contributed by atoms with van der Waals surface area (Å²) < 4.78 is 0. The van der Waals surface area contributed by atoms with Crippen molar-refractivity contribution in [1.29, 1.82) is 0 Å². The van der Waals surface area contributed by atoms with Crippen LogP contribution in [0.3, 0.4) is 0 Å². The molecular weight excluding hydrogens is 208 g/mol. The Hall–Kier alpha value is -1.70. The number of nitrogens with zero attached hydrogens (tertiary/aromatic N) is 2. The van der Waals surface area contributed by atoms with E-state index in [0.29, 0.717) is 0 Å². The van der Waals surface area contributed by atoms with Gasteiger partial charge < -0.3 is 0 Å². The topological polar surface area (TPSA) is 25.8 Å². The maximum absolute atomic E-state index is 4.75. The third-order valence-corrected chi connectivity index (χ3v) is 3.19. The van der Waals surface area contributed by atoms with Crippen LogP contribution in [0.2, 0.25) is 0 Å². The summed E-state index contributed by atoms with van der Waals surface area (Å²) in [5, 5.41) is 0. The zero-order chi connectivity index (χ0) is 12.0. The molecule has 0 unspecified atom stereocenters. The molecule has 0 amide bonds. The number of benzene rings is 1. The minimum atomic E-state index is 0.00651. The summed E-state index contributed by atoms with van der Waals surface area (Å²) in [4.78, 5) is 9.25. The van der Waals surface area contributed by atoms with Gasteiger partial charge in [-0.2, -0.15) is 0 Å². The van der Waals surface area contributed by atoms with E-state index in [-0.39, 0.29) is 5.41 Å². The molecule has 0 spiro atoms. The van der Waals surface area contributed by atoms with Crippen LogP contribution in [0.5, 0.6) is 0 Å². The fourth-order valence-corrected chi connectivity index (χ4v) is 2.24. The number of fused-ring (bicyclic) bond motifs is 3. The molecule has 17 heavy (non-hydrogen) atoms. The molecule has 0 atom stereocenters. The molecule has 0 saturated heterocycles. The SMILES string of the molecule is CC(C)(C)c1ncc2c(n1)-c1ccccc1C2. The Kier molecular flexibility index (Phi) is 2.09. The summed E-state index contributed by atoms with van der Waals surface area (Å²) >= 11 is 0. The van der Waals surface area contributed by atoms with Crippen molar-refractivity contribution in [3.63, 3.8) is 0 Å². The van der Waals surface area contributed by atoms with Gasteiger partial charge >= 0.3 is 0 Å². The Balaban J connectivity index is 2.18. The molecule has 86 valence electrons. The summed E-state index contributed by atoms with van der Waals surface area (Å²) in [7, 11) is 0. The molecule has 2 heteroatoms. The highest BCUT2D eigenvalue weighted by Crippen LogP contribution is 2.35. The van der Waals surface area contributed by atoms with Gasteiger partial charge in [0, 0.05) is 29.2 Å². The molecule has 1 aliphatic rings. The smallest absolute Gasteiger partial charge is 0.134 e. The highest BCUT2D eigenvalue weighted by atomic mass is 14.9. The normalized spacial score (nSPS) is 13.4. The largest absolute Gasteiger partial charge is 0.240 e. The molecule has 0 N–H and O–H groups in total. The number of rotatable bonds is 0. The molecule has 1 aromatic carbocycles. The first-order valence-electron chi connectivity index (χ1n) is 6.00. The van der Waals surface area contributed by atoms with E-state index >= 15 is 0 Å². The van der Waals surface area contributed by atoms with Crippen molar-refractivity contribution in [2.45, 2.75) is 32.6 Å². The minimum Gasteiger partial charge on any atom is -0.240 e. The second-order valence-corrected chi connectivity index (χ2v) is 5.65. The van der Waals surface area contributed by atoms with E-state index in [1.807, 2.05) is 6.20 Å². The standard InChI is InChI=1S/C15H16N2/c1-15(2,3)14-16-9-11-8-10-6-4-5-7-12(10)13(11)17-14/h4-7,9H,8H2,1-3H3. The quantitative estimate of drug-likeness (QED) is 0.585. The molecule has 0 saturated carbocycles. The lowest BCUT2D eigenvalue weighted by atomic mass is 9.95. The van der Waals surface area contributed by atoms with Gasteiger partial charge in [0.25, 0.3) is 0 Å². The van der Waals surface area contributed by atoms with Crippen LogP contribution in [0, 0.1) is 0 Å². The lowest BCUT2D eigenvalue weighted by Gasteiger charge is -2.17. The van der Waals surface area contributed by atoms with Crippen LogP contribution in [-0.4, -0.2) is 9.97 Å². The van der Waals surface area contributed by atoms with E-state index in [1.165, 1.54) is 16.7 Å². The summed E-state index contributed by atoms with van der Waals surface area (Å²) in [6.45, 7) is 6.45. The van der Waals surface area contributed by atoms with Crippen LogP contribution in [0.15, 0.2) is 30.5 Å². The third-order valence-electron chi connectivity index (χ3n) is 3.19. The number of hydrogen-bond acceptors (Lipinski definition) is 2. The van der Waals surface area contributed by atoms with Crippen LogP contribution < -0.4 is 0 Å². The highest BCUT2D eigenvalue weighted by molar-refractivity contribution is 5.72. The van der Waals surface area contributed by atoms with Gasteiger partial charge in [-0.1, -0.05) is 45.0 Å². The van der Waals surface area contributed by atoms with Gasteiger partial charge in [-0.05, 0) is 5.56 Å². The fourth-order valence-electron chi connectivity index (χ4n) is 2.24. The molecule has 0 fully saturated rings. The summed E-state index contributed by atoms with van der Waals surface area (Å²) in [5.41, 5.74) is 5.02. The zero-order valence-electron chi connectivity index (χ0n) is 10.5. The van der Waals surface area contributed by atoms with E-state index in [0.717, 1.165) is 17.9 Å². The fraction of sp³-hybridized carbons (Fsp3) is 0.333. The first-order valence-corrected chi connectivity index (χ1v) is 6.00. The van der Waals surface area contributed by atoms with Gasteiger partial charge in [-0.25, -0.2) is 9.97 Å². The van der Waals surface area contributed by atoms with E-state index in [2.05, 4.69) is 50.0 Å². The van der Waals surface area contributed by atoms with Gasteiger partial charge in [-0.15, -0.1) is 0 Å². The molecule has 1 aromatic heterocycles. The highest BCUT2D eigenvalue weighted by Gasteiger charge is 2.24. The van der Waals surface area contributed by atoms with Crippen LogP contribution in [0.25, 0.3) is 11.3 Å². The first kappa shape index (κ1) is 10.5. The molecule has 0 bridgehead atoms. The molecule has 0 aliphatic heterocycles. The molecule has 1 heterocycles. The van der Waals surface area contributed by atoms with Crippen LogP contribution in [0.4, 0.5) is 0 Å². The Morgan fingerprint density at radius 2 is 1.82 bits per heavy atom. The van der Waals surface area contributed by atoms with Gasteiger partial charge in [-0.3, -0.25) is 0 Å². The average molecular weight is 224 g/mol. The average Bonchev–Trinajstić information content (AvgIpc) is 2.65. The Morgan fingerprint density at radius 3 is 2.59 bits per heavy atom. The van der Waals surface area contributed by atoms with Crippen molar-refractivity contribution >= 4 is 0 Å². The van der Waals surface area contributed by atoms with Crippen molar-refractivity contribution in [3.05, 3.63) is 47.4 Å². The second-order valence-electron chi connectivity index (χ2n) is 5.65. The van der Waals surface area contributed by atoms with Gasteiger partial charge in [0.15, 0.2) is 0 Å². The Labute approximate surface area is 102 Å². The monoisotopic (exact) mass is 224 g/mol. The molecule has 1 aliphatic carbocycles. The predicted molar refractivity (Wildman–Crippen MR) is 69.0 cm³/mol. The first-order chi connectivity index (χ1) is 8.05. The van der Waals surface area contributed by atoms with Gasteiger partial charge in [0.2, 0.25) is 0 Å². The maximum atomic E-state index is 4.75. The number of hydrogen-bond donors (Lipinski definition) is 0. The van der Waals surface area contributed by atoms with Gasteiger partial charge in [0.05, 0.1) is 5.69 Å². The summed E-state index contributed by atoms with van der Waals surface area (Å²) in [6, 6.07) is 8.49. The van der Waals surface area contributed by atoms with E-state index < -0.39 is 0 Å². The van der Waals surface area contributed by atoms with E-state index in [1.54, 1.807) is 0 Å². The Morgan fingerprint density at radius 1 is 1.06 bits per heavy atom. The minimum absolute atomic E-state index is 0.00651. The zero-order valence-corrected chi connectivity index (χ0v) is 10.5. The lowest BCUT2D eigenvalue weighted by molar-refractivity contribution is 0.545. The second kappa shape index (κ2) is 3.39. The van der Waals surface area contributed by atoms with Crippen LogP contribution in [0.1, 0.15) is 37.7 Å². The Bertz CT molecular complexity index is 580. The maximum Gasteiger partial charge on any atom is 0.134 e. The summed E-state index contributed by atoms with van der Waals surface area (Å²) in [6.07, 6.45) is 2.96. The molecule has 3 rings (SSSR count). The molecule has 0 radical (unpaired) electrons. The van der Waals surface area contributed by atoms with Crippen molar-refractivity contribution in [1.82, 2.24) is 9.97 Å². The van der Waals surface area contributed by atoms with Crippen LogP contribution >= 0.6 is 0 Å². The van der Waals surface area contributed by atoms with Crippen molar-refractivity contribution in [3.8, 4) is 11.3 Å². The molecule has 2 aromatic rings. The summed E-state index contributed by atoms with van der Waals surface area (Å²) in [5.74, 6) is 0.924. The molecule has 2 nitrogen and oxygen atoms in total. The van der Waals surface area contributed by atoms with Crippen molar-refractivity contribution < 1.29 is 0 Å². The molecular formula is C15H16N2. The lowest BCUT2D eigenvalue weighted by Crippen LogP contribution is -2.16. The van der Waals surface area contributed by atoms with E-state index in [4.69, 9.17) is 4.98 Å². The van der Waals surface area contributed by atoms with Crippen LogP contribution in [-0.2, 0) is 11.8 Å².